The van der Waals surface area contributed by atoms with Crippen LogP contribution in [-0.2, 0) is 27.6 Å². The summed E-state index contributed by atoms with van der Waals surface area (Å²) in [5, 5.41) is -1.13. The first-order valence-corrected chi connectivity index (χ1v) is 8.42. The zero-order valence-electron chi connectivity index (χ0n) is 11.2. The minimum atomic E-state index is -3.16. The molecule has 2 bridgehead atoms. The lowest BCUT2D eigenvalue weighted by Gasteiger charge is -2.45. The van der Waals surface area contributed by atoms with E-state index in [1.54, 1.807) is 4.90 Å². The van der Waals surface area contributed by atoms with Gasteiger partial charge in [0.2, 0.25) is 5.91 Å². The van der Waals surface area contributed by atoms with Crippen LogP contribution in [0.25, 0.3) is 0 Å². The van der Waals surface area contributed by atoms with Crippen molar-refractivity contribution in [2.45, 2.75) is 29.9 Å². The van der Waals surface area contributed by atoms with Gasteiger partial charge in [-0.2, -0.15) is 0 Å². The summed E-state index contributed by atoms with van der Waals surface area (Å²) in [6, 6.07) is 7.97. The molecule has 1 aromatic rings. The van der Waals surface area contributed by atoms with Crippen LogP contribution >= 0.6 is 0 Å². The molecule has 6 heteroatoms. The highest BCUT2D eigenvalue weighted by Gasteiger charge is 2.56. The molecule has 3 fully saturated rings. The van der Waals surface area contributed by atoms with Crippen molar-refractivity contribution in [1.29, 1.82) is 0 Å². The largest absolute Gasteiger partial charge is 0.336 e. The van der Waals surface area contributed by atoms with Crippen LogP contribution in [0.1, 0.15) is 17.5 Å². The molecule has 0 aliphatic carbocycles. The Morgan fingerprint density at radius 3 is 2.40 bits per heavy atom. The summed E-state index contributed by atoms with van der Waals surface area (Å²) in [5.74, 6) is -0.237. The molecule has 5 nitrogen and oxygen atoms in total. The van der Waals surface area contributed by atoms with E-state index >= 15 is 0 Å². The second-order valence-corrected chi connectivity index (χ2v) is 7.92. The van der Waals surface area contributed by atoms with E-state index in [2.05, 4.69) is 0 Å². The van der Waals surface area contributed by atoms with Gasteiger partial charge in [0.15, 0.2) is 9.84 Å². The summed E-state index contributed by atoms with van der Waals surface area (Å²) in [6.45, 7) is 1.44. The number of hydrogen-bond donors (Lipinski definition) is 1. The molecule has 3 saturated heterocycles. The van der Waals surface area contributed by atoms with Crippen molar-refractivity contribution < 1.29 is 13.2 Å². The number of piperidine rings is 1. The first-order valence-electron chi connectivity index (χ1n) is 6.82. The number of amides is 1. The van der Waals surface area contributed by atoms with E-state index in [0.717, 1.165) is 12.0 Å². The van der Waals surface area contributed by atoms with Gasteiger partial charge in [-0.3, -0.25) is 4.79 Å². The van der Waals surface area contributed by atoms with Gasteiger partial charge in [0.25, 0.3) is 0 Å². The van der Waals surface area contributed by atoms with Gasteiger partial charge in [-0.15, -0.1) is 0 Å². The Morgan fingerprint density at radius 1 is 1.20 bits per heavy atom. The van der Waals surface area contributed by atoms with E-state index in [9.17, 15) is 13.2 Å². The summed E-state index contributed by atoms with van der Waals surface area (Å²) in [7, 11) is -3.16. The third-order valence-corrected chi connectivity index (χ3v) is 6.64. The third-order valence-electron chi connectivity index (χ3n) is 4.18. The van der Waals surface area contributed by atoms with E-state index in [1.807, 2.05) is 24.3 Å². The van der Waals surface area contributed by atoms with Crippen LogP contribution in [0.5, 0.6) is 0 Å². The number of carbonyl (C=O) groups excluding carboxylic acids is 1. The topological polar surface area (TPSA) is 80.5 Å². The molecule has 0 aromatic heterocycles. The summed E-state index contributed by atoms with van der Waals surface area (Å²) >= 11 is 0. The Balaban J connectivity index is 1.69. The van der Waals surface area contributed by atoms with E-state index in [4.69, 9.17) is 5.73 Å². The average molecular weight is 294 g/mol. The minimum absolute atomic E-state index is 0.237. The van der Waals surface area contributed by atoms with Crippen molar-refractivity contribution in [1.82, 2.24) is 4.90 Å². The van der Waals surface area contributed by atoms with Crippen molar-refractivity contribution in [3.05, 3.63) is 35.4 Å². The van der Waals surface area contributed by atoms with E-state index < -0.39 is 15.1 Å². The number of fused-ring (bicyclic) bond motifs is 2. The maximum Gasteiger partial charge on any atom is 0.241 e. The molecule has 2 atom stereocenters. The van der Waals surface area contributed by atoms with Gasteiger partial charge in [-0.1, -0.05) is 24.3 Å². The standard InChI is InChI=1S/C14H18N2O3S/c15-6-5-10-1-3-11(4-2-10)8-16-9-12-7-13(14(16)17)20(12,18)19/h1-4,12-13H,5-9,15H2. The number of carbonyl (C=O) groups is 1. The maximum absolute atomic E-state index is 12.1. The van der Waals surface area contributed by atoms with Crippen LogP contribution in [0.4, 0.5) is 0 Å². The molecule has 3 heterocycles. The van der Waals surface area contributed by atoms with Gasteiger partial charge < -0.3 is 10.6 Å². The molecule has 2 unspecified atom stereocenters. The van der Waals surface area contributed by atoms with Crippen LogP contribution in [0.3, 0.4) is 0 Å². The van der Waals surface area contributed by atoms with Gasteiger partial charge in [0, 0.05) is 13.1 Å². The quantitative estimate of drug-likeness (QED) is 0.853. The zero-order valence-corrected chi connectivity index (χ0v) is 12.0. The molecule has 3 aliphatic rings. The minimum Gasteiger partial charge on any atom is -0.336 e. The van der Waals surface area contributed by atoms with Crippen LogP contribution in [-0.4, -0.2) is 42.8 Å². The number of rotatable bonds is 4. The fraction of sp³-hybridized carbons (Fsp3) is 0.500. The average Bonchev–Trinajstić information content (AvgIpc) is 2.43. The summed E-state index contributed by atoms with van der Waals surface area (Å²) in [5.41, 5.74) is 7.70. The molecule has 1 aromatic carbocycles. The van der Waals surface area contributed by atoms with Crippen LogP contribution in [0, 0.1) is 0 Å². The SMILES string of the molecule is NCCc1ccc(CN2CC3CC(C2=O)S3(=O)=O)cc1. The van der Waals surface area contributed by atoms with Gasteiger partial charge in [0.1, 0.15) is 5.25 Å². The number of nitrogens with two attached hydrogens (primary N) is 1. The van der Waals surface area contributed by atoms with Crippen molar-refractivity contribution in [3.8, 4) is 0 Å². The lowest BCUT2D eigenvalue weighted by molar-refractivity contribution is -0.134. The normalized spacial score (nSPS) is 27.2. The van der Waals surface area contributed by atoms with E-state index in [0.29, 0.717) is 26.1 Å². The summed E-state index contributed by atoms with van der Waals surface area (Å²) in [6.07, 6.45) is 1.35. The molecular weight excluding hydrogens is 276 g/mol. The molecule has 108 valence electrons. The first-order chi connectivity index (χ1) is 9.52. The van der Waals surface area contributed by atoms with Crippen LogP contribution in [0.2, 0.25) is 0 Å². The fourth-order valence-corrected chi connectivity index (χ4v) is 4.80. The zero-order chi connectivity index (χ0) is 14.3. The third kappa shape index (κ3) is 2.13. The highest BCUT2D eigenvalue weighted by atomic mass is 32.2. The second kappa shape index (κ2) is 4.86. The predicted octanol–water partition coefficient (Wildman–Crippen LogP) is 0.0857. The fourth-order valence-electron chi connectivity index (χ4n) is 2.92. The van der Waals surface area contributed by atoms with Crippen molar-refractivity contribution in [2.24, 2.45) is 5.73 Å². The molecule has 0 spiro atoms. The Labute approximate surface area is 118 Å². The molecule has 4 rings (SSSR count). The molecule has 1 amide bonds. The molecule has 2 N–H and O–H groups in total. The van der Waals surface area contributed by atoms with Crippen molar-refractivity contribution >= 4 is 15.7 Å². The van der Waals surface area contributed by atoms with Crippen molar-refractivity contribution in [2.75, 3.05) is 13.1 Å². The Hall–Kier alpha value is -1.40. The molecule has 0 radical (unpaired) electrons. The van der Waals surface area contributed by atoms with Crippen LogP contribution < -0.4 is 5.73 Å². The smallest absolute Gasteiger partial charge is 0.241 e. The predicted molar refractivity (Wildman–Crippen MR) is 75.7 cm³/mol. The summed E-state index contributed by atoms with van der Waals surface area (Å²) < 4.78 is 23.4. The highest BCUT2D eigenvalue weighted by Crippen LogP contribution is 2.36. The van der Waals surface area contributed by atoms with Crippen LogP contribution in [0.15, 0.2) is 24.3 Å². The molecule has 0 saturated carbocycles. The summed E-state index contributed by atoms with van der Waals surface area (Å²) in [4.78, 5) is 13.7. The van der Waals surface area contributed by atoms with E-state index in [1.165, 1.54) is 5.56 Å². The van der Waals surface area contributed by atoms with Crippen molar-refractivity contribution in [3.63, 3.8) is 0 Å². The van der Waals surface area contributed by atoms with E-state index in [-0.39, 0.29) is 11.2 Å². The Morgan fingerprint density at radius 2 is 1.85 bits per heavy atom. The van der Waals surface area contributed by atoms with Gasteiger partial charge in [-0.05, 0) is 30.5 Å². The lowest BCUT2D eigenvalue weighted by atomic mass is 10.1. The van der Waals surface area contributed by atoms with Gasteiger partial charge in [-0.25, -0.2) is 8.42 Å². The first kappa shape index (κ1) is 13.6. The monoisotopic (exact) mass is 294 g/mol. The molecule has 20 heavy (non-hydrogen) atoms. The lowest BCUT2D eigenvalue weighted by Crippen LogP contribution is -2.64. The molecule has 3 aliphatic heterocycles. The number of nitrogens with zero attached hydrogens (tertiary/aromatic N) is 1. The molecular formula is C14H18N2O3S. The second-order valence-electron chi connectivity index (χ2n) is 5.51. The Bertz CT molecular complexity index is 624. The highest BCUT2D eigenvalue weighted by molar-refractivity contribution is 7.95. The Kier molecular flexibility index (Phi) is 3.30. The maximum atomic E-state index is 12.1. The van der Waals surface area contributed by atoms with Gasteiger partial charge >= 0.3 is 0 Å². The number of benzene rings is 1. The van der Waals surface area contributed by atoms with Gasteiger partial charge in [0.05, 0.1) is 5.25 Å². The number of sulfone groups is 1. The number of hydrogen-bond acceptors (Lipinski definition) is 4.